The van der Waals surface area contributed by atoms with Crippen LogP contribution in [0.2, 0.25) is 0 Å². The van der Waals surface area contributed by atoms with E-state index in [1.54, 1.807) is 0 Å². The van der Waals surface area contributed by atoms with Crippen molar-refractivity contribution in [2.45, 2.75) is 130 Å². The molecular weight excluding hydrogens is 482 g/mol. The van der Waals surface area contributed by atoms with Crippen molar-refractivity contribution in [1.82, 2.24) is 0 Å². The summed E-state index contributed by atoms with van der Waals surface area (Å²) in [5.41, 5.74) is 2.49. The lowest BCUT2D eigenvalue weighted by Crippen LogP contribution is -2.52. The second kappa shape index (κ2) is 18.9. The molecule has 0 aromatic heterocycles. The molecule has 0 heterocycles. The smallest absolute Gasteiger partial charge is 0.367 e. The molecular formula is C35H56NO3+. The molecule has 0 saturated heterocycles. The van der Waals surface area contributed by atoms with Gasteiger partial charge in [-0.05, 0) is 37.5 Å². The van der Waals surface area contributed by atoms with Crippen molar-refractivity contribution in [3.8, 4) is 5.75 Å². The van der Waals surface area contributed by atoms with E-state index in [2.05, 4.69) is 45.3 Å². The number of ether oxygens (including phenoxy) is 2. The average molecular weight is 539 g/mol. The minimum atomic E-state index is -0.585. The van der Waals surface area contributed by atoms with Gasteiger partial charge in [-0.1, -0.05) is 127 Å². The summed E-state index contributed by atoms with van der Waals surface area (Å²) in [6, 6.07) is 18.2. The van der Waals surface area contributed by atoms with Crippen LogP contribution in [-0.4, -0.2) is 36.9 Å². The quantitative estimate of drug-likeness (QED) is 0.0687. The van der Waals surface area contributed by atoms with E-state index >= 15 is 0 Å². The second-order valence-corrected chi connectivity index (χ2v) is 11.8. The van der Waals surface area contributed by atoms with E-state index in [1.807, 2.05) is 44.2 Å². The Bertz CT molecular complexity index is 911. The number of carbonyl (C=O) groups is 1. The molecule has 39 heavy (non-hydrogen) atoms. The van der Waals surface area contributed by atoms with Gasteiger partial charge in [0.25, 0.3) is 0 Å². The maximum atomic E-state index is 13.0. The Morgan fingerprint density at radius 3 is 1.90 bits per heavy atom. The first-order chi connectivity index (χ1) is 18.9. The summed E-state index contributed by atoms with van der Waals surface area (Å²) in [5.74, 6) is 0.548. The molecule has 0 aliphatic carbocycles. The van der Waals surface area contributed by atoms with Gasteiger partial charge in [0.1, 0.15) is 12.3 Å². The van der Waals surface area contributed by atoms with Crippen LogP contribution in [0.5, 0.6) is 5.75 Å². The lowest BCUT2D eigenvalue weighted by molar-refractivity contribution is -0.917. The number of carbonyl (C=O) groups excluding carboxylic acids is 1. The van der Waals surface area contributed by atoms with Gasteiger partial charge in [0, 0.05) is 12.0 Å². The number of likely N-dealkylation sites (N-methyl/N-ethyl adjacent to an activating group) is 1. The van der Waals surface area contributed by atoms with Crippen molar-refractivity contribution in [3.05, 3.63) is 65.7 Å². The Labute approximate surface area is 239 Å². The number of esters is 1. The van der Waals surface area contributed by atoms with Crippen LogP contribution in [0.3, 0.4) is 0 Å². The molecule has 4 heteroatoms. The monoisotopic (exact) mass is 538 g/mol. The first-order valence-corrected chi connectivity index (χ1v) is 15.7. The molecule has 0 saturated carbocycles. The van der Waals surface area contributed by atoms with Crippen molar-refractivity contribution in [2.24, 2.45) is 0 Å². The number of benzene rings is 2. The predicted molar refractivity (Wildman–Crippen MR) is 164 cm³/mol. The first kappa shape index (κ1) is 32.9. The van der Waals surface area contributed by atoms with Crippen LogP contribution >= 0.6 is 0 Å². The van der Waals surface area contributed by atoms with Gasteiger partial charge in [-0.15, -0.1) is 0 Å². The first-order valence-electron chi connectivity index (χ1n) is 15.7. The van der Waals surface area contributed by atoms with Gasteiger partial charge in [0.05, 0.1) is 14.1 Å². The Kier molecular flexibility index (Phi) is 15.9. The summed E-state index contributed by atoms with van der Waals surface area (Å²) < 4.78 is 12.5. The summed E-state index contributed by atoms with van der Waals surface area (Å²) >= 11 is 0. The van der Waals surface area contributed by atoms with Crippen LogP contribution in [0, 0.1) is 0 Å². The number of aryl methyl sites for hydroxylation is 1. The third kappa shape index (κ3) is 13.5. The summed E-state index contributed by atoms with van der Waals surface area (Å²) in [6.45, 7) is 6.97. The molecule has 0 N–H and O–H groups in total. The molecule has 0 amide bonds. The van der Waals surface area contributed by atoms with Gasteiger partial charge in [0.2, 0.25) is 6.29 Å². The standard InChI is InChI=1S/C35H56NO3/c1-6-8-9-10-11-12-13-14-15-16-17-19-23-31-26-22-27-33(28-31)38-34(7-2)39-35(37)30(3)36(4,5)29-32-24-20-18-21-25-32/h18,20-22,24-28,30,34H,6-17,19,23,29H2,1-5H3/q+1. The molecule has 0 fully saturated rings. The van der Waals surface area contributed by atoms with E-state index in [4.69, 9.17) is 9.47 Å². The molecule has 0 bridgehead atoms. The number of quaternary nitrogens is 1. The summed E-state index contributed by atoms with van der Waals surface area (Å²) in [6.07, 6.45) is 17.4. The van der Waals surface area contributed by atoms with Crippen LogP contribution < -0.4 is 4.74 Å². The van der Waals surface area contributed by atoms with Crippen molar-refractivity contribution < 1.29 is 18.8 Å². The van der Waals surface area contributed by atoms with Crippen LogP contribution in [0.1, 0.15) is 115 Å². The van der Waals surface area contributed by atoms with Crippen LogP contribution in [-0.2, 0) is 22.5 Å². The molecule has 0 radical (unpaired) electrons. The molecule has 2 aromatic rings. The zero-order chi connectivity index (χ0) is 28.3. The van der Waals surface area contributed by atoms with E-state index < -0.39 is 6.29 Å². The molecule has 2 atom stereocenters. The number of unbranched alkanes of at least 4 members (excludes halogenated alkanes) is 11. The number of hydrogen-bond donors (Lipinski definition) is 0. The zero-order valence-electron chi connectivity index (χ0n) is 25.6. The number of rotatable bonds is 21. The minimum absolute atomic E-state index is 0.226. The largest absolute Gasteiger partial charge is 0.455 e. The summed E-state index contributed by atoms with van der Waals surface area (Å²) in [4.78, 5) is 13.0. The fourth-order valence-corrected chi connectivity index (χ4v) is 4.99. The summed E-state index contributed by atoms with van der Waals surface area (Å²) in [7, 11) is 4.14. The van der Waals surface area contributed by atoms with Gasteiger partial charge in [-0.2, -0.15) is 0 Å². The molecule has 2 rings (SSSR count). The lowest BCUT2D eigenvalue weighted by Gasteiger charge is -2.35. The molecule has 2 unspecified atom stereocenters. The topological polar surface area (TPSA) is 35.5 Å². The van der Waals surface area contributed by atoms with Crippen molar-refractivity contribution in [1.29, 1.82) is 0 Å². The fourth-order valence-electron chi connectivity index (χ4n) is 4.99. The van der Waals surface area contributed by atoms with E-state index in [0.717, 1.165) is 18.7 Å². The van der Waals surface area contributed by atoms with Crippen LogP contribution in [0.25, 0.3) is 0 Å². The van der Waals surface area contributed by atoms with E-state index in [-0.39, 0.29) is 12.0 Å². The Hall–Kier alpha value is -2.33. The van der Waals surface area contributed by atoms with Crippen molar-refractivity contribution >= 4 is 5.97 Å². The van der Waals surface area contributed by atoms with Gasteiger partial charge in [-0.25, -0.2) is 4.79 Å². The van der Waals surface area contributed by atoms with Crippen molar-refractivity contribution in [3.63, 3.8) is 0 Å². The third-order valence-electron chi connectivity index (χ3n) is 7.89. The third-order valence-corrected chi connectivity index (χ3v) is 7.89. The Morgan fingerprint density at radius 1 is 0.744 bits per heavy atom. The van der Waals surface area contributed by atoms with Crippen LogP contribution in [0.15, 0.2) is 54.6 Å². The fraction of sp³-hybridized carbons (Fsp3) is 0.629. The van der Waals surface area contributed by atoms with E-state index in [1.165, 1.54) is 88.2 Å². The van der Waals surface area contributed by atoms with Crippen LogP contribution in [0.4, 0.5) is 0 Å². The maximum absolute atomic E-state index is 13.0. The molecule has 0 spiro atoms. The highest BCUT2D eigenvalue weighted by Gasteiger charge is 2.33. The van der Waals surface area contributed by atoms with Crippen molar-refractivity contribution in [2.75, 3.05) is 14.1 Å². The highest BCUT2D eigenvalue weighted by molar-refractivity contribution is 5.74. The highest BCUT2D eigenvalue weighted by atomic mass is 16.7. The average Bonchev–Trinajstić information content (AvgIpc) is 2.93. The highest BCUT2D eigenvalue weighted by Crippen LogP contribution is 2.21. The number of hydrogen-bond acceptors (Lipinski definition) is 3. The van der Waals surface area contributed by atoms with Gasteiger partial charge < -0.3 is 14.0 Å². The van der Waals surface area contributed by atoms with Gasteiger partial charge in [0.15, 0.2) is 6.04 Å². The number of nitrogens with zero attached hydrogens (tertiary/aromatic N) is 1. The molecule has 218 valence electrons. The van der Waals surface area contributed by atoms with E-state index in [0.29, 0.717) is 10.9 Å². The Balaban J connectivity index is 1.70. The molecule has 0 aliphatic rings. The predicted octanol–water partition coefficient (Wildman–Crippen LogP) is 9.25. The van der Waals surface area contributed by atoms with Gasteiger partial charge in [-0.3, -0.25) is 0 Å². The SMILES string of the molecule is CCCCCCCCCCCCCCc1cccc(OC(CC)OC(=O)C(C)[N+](C)(C)Cc2ccccc2)c1. The summed E-state index contributed by atoms with van der Waals surface area (Å²) in [5, 5.41) is 0. The maximum Gasteiger partial charge on any atom is 0.367 e. The lowest BCUT2D eigenvalue weighted by atomic mass is 10.0. The zero-order valence-corrected chi connectivity index (χ0v) is 25.6. The normalized spacial score (nSPS) is 13.2. The molecule has 4 nitrogen and oxygen atoms in total. The van der Waals surface area contributed by atoms with Gasteiger partial charge >= 0.3 is 5.97 Å². The molecule has 2 aromatic carbocycles. The Morgan fingerprint density at radius 2 is 1.31 bits per heavy atom. The van der Waals surface area contributed by atoms with E-state index in [9.17, 15) is 4.79 Å². The second-order valence-electron chi connectivity index (χ2n) is 11.8. The minimum Gasteiger partial charge on any atom is -0.455 e. The molecule has 0 aliphatic heterocycles.